The van der Waals surface area contributed by atoms with Gasteiger partial charge in [0.2, 0.25) is 0 Å². The Morgan fingerprint density at radius 2 is 1.29 bits per heavy atom. The van der Waals surface area contributed by atoms with Gasteiger partial charge in [-0.2, -0.15) is 0 Å². The number of nitrogens with zero attached hydrogens (tertiary/aromatic N) is 2. The molecule has 1 N–H and O–H groups in total. The Balaban J connectivity index is 2.35. The van der Waals surface area contributed by atoms with Gasteiger partial charge in [-0.3, -0.25) is 4.57 Å². The quantitative estimate of drug-likeness (QED) is 0.813. The second-order valence-electron chi connectivity index (χ2n) is 6.05. The maximum Gasteiger partial charge on any atom is 0.263 e. The van der Waals surface area contributed by atoms with Crippen molar-refractivity contribution in [1.29, 1.82) is 0 Å². The molecule has 0 fully saturated rings. The number of hydrogen-bond acceptors (Lipinski definition) is 5. The molecule has 0 spiro atoms. The molecule has 0 aliphatic carbocycles. The van der Waals surface area contributed by atoms with Crippen LogP contribution in [0.3, 0.4) is 0 Å². The Kier molecular flexibility index (Phi) is 5.70. The molecule has 0 bridgehead atoms. The second-order valence-corrected chi connectivity index (χ2v) is 8.61. The van der Waals surface area contributed by atoms with Gasteiger partial charge >= 0.3 is 0 Å². The lowest BCUT2D eigenvalue weighted by Crippen LogP contribution is -2.15. The van der Waals surface area contributed by atoms with E-state index >= 15 is 0 Å². The third-order valence-corrected chi connectivity index (χ3v) is 6.53. The van der Waals surface area contributed by atoms with E-state index in [9.17, 15) is 9.67 Å². The van der Waals surface area contributed by atoms with Crippen LogP contribution in [0.4, 0.5) is 11.4 Å². The minimum Gasteiger partial charge on any atom is -0.378 e. The number of rotatable bonds is 6. The average Bonchev–Trinajstić information content (AvgIpc) is 2.60. The third-order valence-electron chi connectivity index (χ3n) is 4.03. The summed E-state index contributed by atoms with van der Waals surface area (Å²) in [5, 5.41) is 11.2. The molecule has 0 amide bonds. The van der Waals surface area contributed by atoms with E-state index in [-0.39, 0.29) is 0 Å². The van der Waals surface area contributed by atoms with Crippen molar-refractivity contribution in [3.8, 4) is 0 Å². The molecule has 2 unspecified atom stereocenters. The molecule has 130 valence electrons. The Morgan fingerprint density at radius 1 is 0.875 bits per heavy atom. The monoisotopic (exact) mass is 348 g/mol. The van der Waals surface area contributed by atoms with Crippen molar-refractivity contribution in [1.82, 2.24) is 0 Å². The Labute approximate surface area is 143 Å². The molecule has 2 atom stereocenters. The van der Waals surface area contributed by atoms with Gasteiger partial charge in [0.1, 0.15) is 0 Å². The van der Waals surface area contributed by atoms with Gasteiger partial charge < -0.3 is 19.4 Å². The van der Waals surface area contributed by atoms with Crippen LogP contribution in [0.5, 0.6) is 0 Å². The molecule has 2 aromatic carbocycles. The van der Waals surface area contributed by atoms with Crippen molar-refractivity contribution in [2.45, 2.75) is 5.85 Å². The second kappa shape index (κ2) is 7.39. The summed E-state index contributed by atoms with van der Waals surface area (Å²) in [5.41, 5.74) is 2.57. The molecule has 5 nitrogen and oxygen atoms in total. The molecule has 0 aliphatic heterocycles. The van der Waals surface area contributed by atoms with E-state index in [0.29, 0.717) is 10.9 Å². The van der Waals surface area contributed by atoms with Crippen molar-refractivity contribution in [2.24, 2.45) is 0 Å². The lowest BCUT2D eigenvalue weighted by atomic mass is 10.2. The SMILES string of the molecule is COP(=O)(c1ccc(N(C)C)cc1)C(O)c1ccc(N(C)C)cc1. The summed E-state index contributed by atoms with van der Waals surface area (Å²) in [4.78, 5) is 3.92. The molecule has 24 heavy (non-hydrogen) atoms. The number of aliphatic hydroxyl groups excluding tert-OH is 1. The van der Waals surface area contributed by atoms with E-state index in [0.717, 1.165) is 11.4 Å². The van der Waals surface area contributed by atoms with Crippen LogP contribution in [0.2, 0.25) is 0 Å². The van der Waals surface area contributed by atoms with Crippen LogP contribution in [0, 0.1) is 0 Å². The third kappa shape index (κ3) is 3.64. The summed E-state index contributed by atoms with van der Waals surface area (Å²) in [5.74, 6) is -1.20. The lowest BCUT2D eigenvalue weighted by molar-refractivity contribution is 0.229. The fourth-order valence-electron chi connectivity index (χ4n) is 2.45. The van der Waals surface area contributed by atoms with E-state index < -0.39 is 13.2 Å². The zero-order valence-corrected chi connectivity index (χ0v) is 15.7. The standard InChI is InChI=1S/C18H25N2O3P/c1-19(2)15-8-6-14(7-9-15)18(21)24(22,23-5)17-12-10-16(11-13-17)20(3)4/h6-13,18,21H,1-5H3. The van der Waals surface area contributed by atoms with E-state index in [1.165, 1.54) is 7.11 Å². The normalized spacial score (nSPS) is 14.8. The molecular formula is C18H25N2O3P. The molecule has 0 heterocycles. The maximum absolute atomic E-state index is 13.3. The van der Waals surface area contributed by atoms with Crippen LogP contribution in [-0.2, 0) is 9.09 Å². The van der Waals surface area contributed by atoms with Crippen molar-refractivity contribution >= 4 is 24.0 Å². The number of hydrogen-bond donors (Lipinski definition) is 1. The number of aliphatic hydroxyl groups is 1. The molecule has 0 saturated heterocycles. The predicted octanol–water partition coefficient (Wildman–Crippen LogP) is 3.06. The maximum atomic E-state index is 13.3. The molecule has 0 radical (unpaired) electrons. The molecular weight excluding hydrogens is 323 g/mol. The Bertz CT molecular complexity index is 712. The Morgan fingerprint density at radius 3 is 1.67 bits per heavy atom. The fraction of sp³-hybridized carbons (Fsp3) is 0.333. The van der Waals surface area contributed by atoms with Crippen molar-refractivity contribution in [3.05, 3.63) is 54.1 Å². The first kappa shape index (κ1) is 18.5. The van der Waals surface area contributed by atoms with Crippen LogP contribution in [0.25, 0.3) is 0 Å². The van der Waals surface area contributed by atoms with E-state index in [4.69, 9.17) is 4.52 Å². The van der Waals surface area contributed by atoms with Gasteiger partial charge in [0.05, 0.1) is 0 Å². The highest BCUT2D eigenvalue weighted by atomic mass is 31.2. The van der Waals surface area contributed by atoms with Gasteiger partial charge in [-0.05, 0) is 42.0 Å². The van der Waals surface area contributed by atoms with Crippen molar-refractivity contribution in [3.63, 3.8) is 0 Å². The summed E-state index contributed by atoms with van der Waals surface area (Å²) in [6.07, 6.45) is 0. The topological polar surface area (TPSA) is 53.0 Å². The zero-order chi connectivity index (χ0) is 17.9. The van der Waals surface area contributed by atoms with Gasteiger partial charge in [-0.25, -0.2) is 0 Å². The van der Waals surface area contributed by atoms with E-state index in [1.807, 2.05) is 62.3 Å². The molecule has 0 saturated carbocycles. The fourth-order valence-corrected chi connectivity index (χ4v) is 4.27. The summed E-state index contributed by atoms with van der Waals surface area (Å²) >= 11 is 0. The van der Waals surface area contributed by atoms with Crippen LogP contribution in [0.1, 0.15) is 11.4 Å². The van der Waals surface area contributed by atoms with Crippen molar-refractivity contribution < 1.29 is 14.2 Å². The molecule has 0 aliphatic rings. The van der Waals surface area contributed by atoms with Crippen LogP contribution < -0.4 is 15.1 Å². The summed E-state index contributed by atoms with van der Waals surface area (Å²) < 4.78 is 18.6. The van der Waals surface area contributed by atoms with Gasteiger partial charge in [-0.1, -0.05) is 12.1 Å². The molecule has 2 rings (SSSR count). The van der Waals surface area contributed by atoms with Crippen LogP contribution in [-0.4, -0.2) is 40.4 Å². The smallest absolute Gasteiger partial charge is 0.263 e. The Hall–Kier alpha value is -1.81. The first-order valence-electron chi connectivity index (χ1n) is 7.68. The highest BCUT2D eigenvalue weighted by molar-refractivity contribution is 7.67. The summed E-state index contributed by atoms with van der Waals surface area (Å²) in [6.45, 7) is 0. The van der Waals surface area contributed by atoms with Crippen molar-refractivity contribution in [2.75, 3.05) is 45.1 Å². The largest absolute Gasteiger partial charge is 0.378 e. The highest BCUT2D eigenvalue weighted by Gasteiger charge is 2.35. The first-order chi connectivity index (χ1) is 11.3. The average molecular weight is 348 g/mol. The van der Waals surface area contributed by atoms with Crippen LogP contribution >= 0.6 is 7.37 Å². The minimum absolute atomic E-state index is 0.500. The minimum atomic E-state index is -3.43. The molecule has 6 heteroatoms. The molecule has 2 aromatic rings. The van der Waals surface area contributed by atoms with Gasteiger partial charge in [0.15, 0.2) is 5.85 Å². The van der Waals surface area contributed by atoms with E-state index in [2.05, 4.69) is 0 Å². The van der Waals surface area contributed by atoms with Gasteiger partial charge in [0.25, 0.3) is 7.37 Å². The van der Waals surface area contributed by atoms with E-state index in [1.54, 1.807) is 24.3 Å². The first-order valence-corrected chi connectivity index (χ1v) is 9.37. The number of benzene rings is 2. The molecule has 0 aromatic heterocycles. The predicted molar refractivity (Wildman–Crippen MR) is 101 cm³/mol. The zero-order valence-electron chi connectivity index (χ0n) is 14.8. The number of anilines is 2. The highest BCUT2D eigenvalue weighted by Crippen LogP contribution is 2.57. The lowest BCUT2D eigenvalue weighted by Gasteiger charge is -2.24. The summed E-state index contributed by atoms with van der Waals surface area (Å²) in [7, 11) is 5.70. The van der Waals surface area contributed by atoms with Gasteiger partial charge in [-0.15, -0.1) is 0 Å². The van der Waals surface area contributed by atoms with Crippen LogP contribution in [0.15, 0.2) is 48.5 Å². The summed E-state index contributed by atoms with van der Waals surface area (Å²) in [6, 6.07) is 14.5. The van der Waals surface area contributed by atoms with Gasteiger partial charge in [0, 0.05) is 52.0 Å².